The predicted molar refractivity (Wildman–Crippen MR) is 85.6 cm³/mol. The topological polar surface area (TPSA) is 115 Å². The van der Waals surface area contributed by atoms with Gasteiger partial charge in [0.05, 0.1) is 21.6 Å². The lowest BCUT2D eigenvalue weighted by Gasteiger charge is -1.99. The summed E-state index contributed by atoms with van der Waals surface area (Å²) in [5.74, 6) is 0. The van der Waals surface area contributed by atoms with E-state index >= 15 is 0 Å². The van der Waals surface area contributed by atoms with Gasteiger partial charge in [-0.15, -0.1) is 5.10 Å². The van der Waals surface area contributed by atoms with Crippen molar-refractivity contribution in [1.29, 1.82) is 0 Å². The molecule has 24 heavy (non-hydrogen) atoms. The van der Waals surface area contributed by atoms with Crippen molar-refractivity contribution >= 4 is 22.4 Å². The van der Waals surface area contributed by atoms with Gasteiger partial charge in [-0.3, -0.25) is 14.9 Å². The summed E-state index contributed by atoms with van der Waals surface area (Å²) < 4.78 is 2.26. The summed E-state index contributed by atoms with van der Waals surface area (Å²) in [6, 6.07) is 12.2. The van der Waals surface area contributed by atoms with Crippen LogP contribution in [-0.2, 0) is 0 Å². The molecule has 0 fully saturated rings. The molecule has 9 heteroatoms. The Morgan fingerprint density at radius 2 is 1.75 bits per heavy atom. The average Bonchev–Trinajstić information content (AvgIpc) is 2.94. The lowest BCUT2D eigenvalue weighted by Crippen LogP contribution is -2.21. The van der Waals surface area contributed by atoms with Gasteiger partial charge in [-0.25, -0.2) is 9.20 Å². The highest BCUT2D eigenvalue weighted by Gasteiger charge is 2.15. The molecule has 4 rings (SSSR count). The van der Waals surface area contributed by atoms with Gasteiger partial charge in [0, 0.05) is 12.1 Å². The molecule has 0 aliphatic carbocycles. The van der Waals surface area contributed by atoms with Gasteiger partial charge in [0.1, 0.15) is 0 Å². The van der Waals surface area contributed by atoms with Crippen molar-refractivity contribution in [3.05, 3.63) is 79.5 Å². The van der Waals surface area contributed by atoms with Gasteiger partial charge in [0.2, 0.25) is 5.65 Å². The van der Waals surface area contributed by atoms with Crippen molar-refractivity contribution in [3.8, 4) is 5.69 Å². The number of hydrogen-bond acceptors (Lipinski definition) is 5. The molecule has 0 unspecified atom stereocenters. The Labute approximate surface area is 132 Å². The average molecular weight is 323 g/mol. The zero-order valence-corrected chi connectivity index (χ0v) is 12.0. The van der Waals surface area contributed by atoms with E-state index in [9.17, 15) is 19.7 Å². The van der Waals surface area contributed by atoms with Gasteiger partial charge in [-0.05, 0) is 24.3 Å². The number of non-ortho nitro benzene ring substituents is 1. The van der Waals surface area contributed by atoms with Crippen molar-refractivity contribution in [2.75, 3.05) is 0 Å². The van der Waals surface area contributed by atoms with Gasteiger partial charge in [0.15, 0.2) is 0 Å². The maximum Gasteiger partial charge on any atom is 0.355 e. The van der Waals surface area contributed by atoms with Crippen molar-refractivity contribution in [2.45, 2.75) is 0 Å². The zero-order chi connectivity index (χ0) is 16.8. The van der Waals surface area contributed by atoms with Crippen molar-refractivity contribution in [1.82, 2.24) is 19.2 Å². The lowest BCUT2D eigenvalue weighted by atomic mass is 10.3. The van der Waals surface area contributed by atoms with Crippen LogP contribution in [0, 0.1) is 10.1 Å². The third-order valence-electron chi connectivity index (χ3n) is 3.68. The number of nitro benzene ring substituents is 1. The molecule has 118 valence electrons. The SMILES string of the molecule is O=c1[nH]c2ccccc2n2c(=O)n(-c3ccc([N+](=O)[O-])cc3)nc12. The van der Waals surface area contributed by atoms with Crippen LogP contribution < -0.4 is 11.2 Å². The summed E-state index contributed by atoms with van der Waals surface area (Å²) in [5, 5.41) is 14.8. The van der Waals surface area contributed by atoms with E-state index in [0.29, 0.717) is 16.7 Å². The van der Waals surface area contributed by atoms with Crippen LogP contribution >= 0.6 is 0 Å². The highest BCUT2D eigenvalue weighted by molar-refractivity contribution is 5.76. The Hall–Kier alpha value is -3.75. The summed E-state index contributed by atoms with van der Waals surface area (Å²) in [6.07, 6.45) is 0. The standard InChI is InChI=1S/C15H9N5O4/c21-14-13-17-19(9-5-7-10(8-6-9)20(23)24)15(22)18(13)12-4-2-1-3-11(12)16-14/h1-8H,(H,16,21). The van der Waals surface area contributed by atoms with Crippen LogP contribution in [-0.4, -0.2) is 24.1 Å². The first-order valence-electron chi connectivity index (χ1n) is 6.94. The summed E-state index contributed by atoms with van der Waals surface area (Å²) in [4.78, 5) is 37.7. The number of nitro groups is 1. The van der Waals surface area contributed by atoms with Crippen molar-refractivity contribution in [3.63, 3.8) is 0 Å². The van der Waals surface area contributed by atoms with E-state index < -0.39 is 16.2 Å². The molecule has 0 aliphatic rings. The van der Waals surface area contributed by atoms with Gasteiger partial charge >= 0.3 is 5.69 Å². The molecule has 0 atom stereocenters. The normalized spacial score (nSPS) is 11.2. The lowest BCUT2D eigenvalue weighted by molar-refractivity contribution is -0.384. The quantitative estimate of drug-likeness (QED) is 0.440. The number of para-hydroxylation sites is 2. The Balaban J connectivity index is 2.04. The molecular weight excluding hydrogens is 314 g/mol. The molecule has 9 nitrogen and oxygen atoms in total. The summed E-state index contributed by atoms with van der Waals surface area (Å²) >= 11 is 0. The van der Waals surface area contributed by atoms with E-state index in [2.05, 4.69) is 10.1 Å². The van der Waals surface area contributed by atoms with Gasteiger partial charge < -0.3 is 4.98 Å². The molecule has 2 aromatic heterocycles. The largest absolute Gasteiger partial charge is 0.355 e. The molecular formula is C15H9N5O4. The van der Waals surface area contributed by atoms with E-state index in [1.54, 1.807) is 24.3 Å². The number of rotatable bonds is 2. The number of benzene rings is 2. The molecule has 0 aliphatic heterocycles. The van der Waals surface area contributed by atoms with Gasteiger partial charge in [-0.2, -0.15) is 4.68 Å². The van der Waals surface area contributed by atoms with Gasteiger partial charge in [-0.1, -0.05) is 12.1 Å². The molecule has 0 saturated carbocycles. The number of H-pyrrole nitrogens is 1. The second-order valence-corrected chi connectivity index (χ2v) is 5.10. The third kappa shape index (κ3) is 1.92. The first-order chi connectivity index (χ1) is 11.6. The second kappa shape index (κ2) is 4.88. The van der Waals surface area contributed by atoms with Crippen LogP contribution in [0.15, 0.2) is 58.1 Å². The van der Waals surface area contributed by atoms with Crippen molar-refractivity contribution < 1.29 is 4.92 Å². The molecule has 0 amide bonds. The molecule has 1 N–H and O–H groups in total. The third-order valence-corrected chi connectivity index (χ3v) is 3.68. The molecule has 2 heterocycles. The maximum absolute atomic E-state index is 12.7. The predicted octanol–water partition coefficient (Wildman–Crippen LogP) is 1.23. The number of nitrogens with one attached hydrogen (secondary N) is 1. The molecule has 2 aromatic carbocycles. The minimum Gasteiger partial charge on any atom is -0.317 e. The number of nitrogens with zero attached hydrogens (tertiary/aromatic N) is 4. The molecule has 0 bridgehead atoms. The molecule has 0 spiro atoms. The summed E-state index contributed by atoms with van der Waals surface area (Å²) in [6.45, 7) is 0. The maximum atomic E-state index is 12.7. The Bertz CT molecular complexity index is 1220. The minimum atomic E-state index is -0.533. The van der Waals surface area contributed by atoms with Crippen LogP contribution in [0.5, 0.6) is 0 Å². The fourth-order valence-electron chi connectivity index (χ4n) is 2.57. The highest BCUT2D eigenvalue weighted by atomic mass is 16.6. The number of aromatic nitrogens is 4. The van der Waals surface area contributed by atoms with E-state index in [-0.39, 0.29) is 11.3 Å². The monoisotopic (exact) mass is 323 g/mol. The first kappa shape index (κ1) is 13.9. The number of hydrogen-bond donors (Lipinski definition) is 1. The highest BCUT2D eigenvalue weighted by Crippen LogP contribution is 2.14. The van der Waals surface area contributed by atoms with E-state index in [0.717, 1.165) is 4.68 Å². The van der Waals surface area contributed by atoms with Gasteiger partial charge in [0.25, 0.3) is 11.2 Å². The summed E-state index contributed by atoms with van der Waals surface area (Å²) in [5.41, 5.74) is 0.201. The van der Waals surface area contributed by atoms with E-state index in [1.807, 2.05) is 0 Å². The van der Waals surface area contributed by atoms with Crippen LogP contribution in [0.3, 0.4) is 0 Å². The summed E-state index contributed by atoms with van der Waals surface area (Å²) in [7, 11) is 0. The molecule has 0 saturated heterocycles. The van der Waals surface area contributed by atoms with Crippen molar-refractivity contribution in [2.24, 2.45) is 0 Å². The van der Waals surface area contributed by atoms with E-state index in [1.165, 1.54) is 28.7 Å². The fourth-order valence-corrected chi connectivity index (χ4v) is 2.57. The Morgan fingerprint density at radius 3 is 2.46 bits per heavy atom. The van der Waals surface area contributed by atoms with Crippen LogP contribution in [0.2, 0.25) is 0 Å². The fraction of sp³-hybridized carbons (Fsp3) is 0. The minimum absolute atomic E-state index is 0.0444. The Morgan fingerprint density at radius 1 is 1.04 bits per heavy atom. The first-order valence-corrected chi connectivity index (χ1v) is 6.94. The number of aromatic amines is 1. The molecule has 4 aromatic rings. The van der Waals surface area contributed by atoms with Crippen LogP contribution in [0.1, 0.15) is 0 Å². The molecule has 0 radical (unpaired) electrons. The zero-order valence-electron chi connectivity index (χ0n) is 12.0. The second-order valence-electron chi connectivity index (χ2n) is 5.10. The Kier molecular flexibility index (Phi) is 2.82. The van der Waals surface area contributed by atoms with E-state index in [4.69, 9.17) is 0 Å². The van der Waals surface area contributed by atoms with Crippen LogP contribution in [0.4, 0.5) is 5.69 Å². The van der Waals surface area contributed by atoms with Crippen LogP contribution in [0.25, 0.3) is 22.4 Å². The number of fused-ring (bicyclic) bond motifs is 3. The smallest absolute Gasteiger partial charge is 0.317 e.